The highest BCUT2D eigenvalue weighted by molar-refractivity contribution is 5.37. The zero-order chi connectivity index (χ0) is 16.6. The number of benzene rings is 1. The number of ether oxygens (including phenoxy) is 3. The number of nitrogens with zero attached hydrogens (tertiary/aromatic N) is 2. The summed E-state index contributed by atoms with van der Waals surface area (Å²) in [4.78, 5) is 4.94. The molecule has 0 saturated carbocycles. The summed E-state index contributed by atoms with van der Waals surface area (Å²) in [7, 11) is 1.76. The lowest BCUT2D eigenvalue weighted by Crippen LogP contribution is -2.37. The number of hydrogen-bond acceptors (Lipinski definition) is 5. The van der Waals surface area contributed by atoms with E-state index in [0.29, 0.717) is 0 Å². The van der Waals surface area contributed by atoms with Crippen LogP contribution in [-0.4, -0.2) is 76.1 Å². The number of aryl methyl sites for hydroxylation is 1. The van der Waals surface area contributed by atoms with Crippen molar-refractivity contribution in [2.75, 3.05) is 66.3 Å². The zero-order valence-corrected chi connectivity index (χ0v) is 14.8. The van der Waals surface area contributed by atoms with Gasteiger partial charge in [-0.15, -0.1) is 0 Å². The van der Waals surface area contributed by atoms with E-state index in [1.807, 2.05) is 0 Å². The highest BCUT2D eigenvalue weighted by Gasteiger charge is 2.14. The number of hydrogen-bond donors (Lipinski definition) is 0. The summed E-state index contributed by atoms with van der Waals surface area (Å²) >= 11 is 0. The number of rotatable bonds is 7. The number of methoxy groups -OCH3 is 1. The second kappa shape index (κ2) is 9.37. The van der Waals surface area contributed by atoms with Gasteiger partial charge in [0.2, 0.25) is 0 Å². The van der Waals surface area contributed by atoms with Crippen molar-refractivity contribution in [3.05, 3.63) is 29.3 Å². The van der Waals surface area contributed by atoms with Gasteiger partial charge in [0, 0.05) is 38.3 Å². The molecule has 0 spiro atoms. The van der Waals surface area contributed by atoms with Gasteiger partial charge >= 0.3 is 0 Å². The molecule has 2 aliphatic heterocycles. The van der Waals surface area contributed by atoms with Crippen molar-refractivity contribution in [3.63, 3.8) is 0 Å². The third-order valence-corrected chi connectivity index (χ3v) is 4.89. The lowest BCUT2D eigenvalue weighted by molar-refractivity contribution is 0.0338. The van der Waals surface area contributed by atoms with Crippen molar-refractivity contribution >= 4 is 0 Å². The lowest BCUT2D eigenvalue weighted by atomic mass is 10.0. The van der Waals surface area contributed by atoms with Crippen molar-refractivity contribution in [1.29, 1.82) is 0 Å². The van der Waals surface area contributed by atoms with Crippen molar-refractivity contribution in [2.45, 2.75) is 19.4 Å². The van der Waals surface area contributed by atoms with Crippen LogP contribution in [0.4, 0.5) is 0 Å². The maximum absolute atomic E-state index is 5.56. The largest absolute Gasteiger partial charge is 0.496 e. The molecule has 0 unspecified atom stereocenters. The van der Waals surface area contributed by atoms with Gasteiger partial charge < -0.3 is 14.2 Å². The standard InChI is InChI=1S/C19H30N2O3/c1-22-19-5-4-17(3-2-6-20-7-11-23-12-8-20)15-18(19)16-21-9-13-24-14-10-21/h4-5,15H,2-3,6-14,16H2,1H3. The predicted molar refractivity (Wildman–Crippen MR) is 94.7 cm³/mol. The summed E-state index contributed by atoms with van der Waals surface area (Å²) < 4.78 is 16.4. The molecule has 0 bridgehead atoms. The smallest absolute Gasteiger partial charge is 0.123 e. The molecule has 5 heteroatoms. The minimum absolute atomic E-state index is 0.835. The van der Waals surface area contributed by atoms with Gasteiger partial charge in [0.15, 0.2) is 0 Å². The molecule has 2 saturated heterocycles. The minimum atomic E-state index is 0.835. The molecule has 2 aliphatic rings. The quantitative estimate of drug-likeness (QED) is 0.759. The van der Waals surface area contributed by atoms with Gasteiger partial charge in [0.05, 0.1) is 33.5 Å². The molecule has 0 amide bonds. The van der Waals surface area contributed by atoms with Crippen LogP contribution in [0, 0.1) is 0 Å². The molecular weight excluding hydrogens is 304 g/mol. The van der Waals surface area contributed by atoms with Gasteiger partial charge in [0.25, 0.3) is 0 Å². The van der Waals surface area contributed by atoms with Crippen molar-refractivity contribution in [3.8, 4) is 5.75 Å². The van der Waals surface area contributed by atoms with Crippen LogP contribution >= 0.6 is 0 Å². The SMILES string of the molecule is COc1ccc(CCCN2CCOCC2)cc1CN1CCOCC1. The van der Waals surface area contributed by atoms with Crippen LogP contribution in [0.2, 0.25) is 0 Å². The highest BCUT2D eigenvalue weighted by Crippen LogP contribution is 2.23. The first kappa shape index (κ1) is 17.7. The van der Waals surface area contributed by atoms with E-state index in [1.165, 1.54) is 17.5 Å². The van der Waals surface area contributed by atoms with E-state index >= 15 is 0 Å². The molecule has 1 aromatic carbocycles. The fraction of sp³-hybridized carbons (Fsp3) is 0.684. The van der Waals surface area contributed by atoms with E-state index in [-0.39, 0.29) is 0 Å². The average Bonchev–Trinajstić information content (AvgIpc) is 2.64. The summed E-state index contributed by atoms with van der Waals surface area (Å²) in [5.74, 6) is 0.999. The Morgan fingerprint density at radius 3 is 2.29 bits per heavy atom. The molecule has 0 radical (unpaired) electrons. The summed E-state index contributed by atoms with van der Waals surface area (Å²) in [5, 5.41) is 0. The van der Waals surface area contributed by atoms with Crippen molar-refractivity contribution in [1.82, 2.24) is 9.80 Å². The van der Waals surface area contributed by atoms with Crippen LogP contribution in [0.25, 0.3) is 0 Å². The van der Waals surface area contributed by atoms with Gasteiger partial charge in [-0.1, -0.05) is 12.1 Å². The monoisotopic (exact) mass is 334 g/mol. The lowest BCUT2D eigenvalue weighted by Gasteiger charge is -2.27. The van der Waals surface area contributed by atoms with Crippen molar-refractivity contribution < 1.29 is 14.2 Å². The van der Waals surface area contributed by atoms with Crippen molar-refractivity contribution in [2.24, 2.45) is 0 Å². The zero-order valence-electron chi connectivity index (χ0n) is 14.8. The molecule has 0 aromatic heterocycles. The molecule has 0 N–H and O–H groups in total. The first-order valence-electron chi connectivity index (χ1n) is 9.11. The Morgan fingerprint density at radius 2 is 1.62 bits per heavy atom. The van der Waals surface area contributed by atoms with Crippen LogP contribution in [0.15, 0.2) is 18.2 Å². The topological polar surface area (TPSA) is 34.2 Å². The maximum atomic E-state index is 5.56. The Labute approximate surface area is 145 Å². The fourth-order valence-electron chi connectivity index (χ4n) is 3.44. The van der Waals surface area contributed by atoms with Crippen LogP contribution in [0.5, 0.6) is 5.75 Å². The molecule has 2 heterocycles. The van der Waals surface area contributed by atoms with Crippen LogP contribution in [0.3, 0.4) is 0 Å². The molecule has 5 nitrogen and oxygen atoms in total. The molecule has 134 valence electrons. The highest BCUT2D eigenvalue weighted by atomic mass is 16.5. The Bertz CT molecular complexity index is 497. The molecule has 3 rings (SSSR count). The van der Waals surface area contributed by atoms with E-state index < -0.39 is 0 Å². The summed E-state index contributed by atoms with van der Waals surface area (Å²) in [6.45, 7) is 9.70. The Hall–Kier alpha value is -1.14. The van der Waals surface area contributed by atoms with E-state index in [2.05, 4.69) is 28.0 Å². The minimum Gasteiger partial charge on any atom is -0.496 e. The first-order valence-corrected chi connectivity index (χ1v) is 9.11. The summed E-state index contributed by atoms with van der Waals surface area (Å²) in [6.07, 6.45) is 2.32. The fourth-order valence-corrected chi connectivity index (χ4v) is 3.44. The van der Waals surface area contributed by atoms with Gasteiger partial charge in [-0.25, -0.2) is 0 Å². The van der Waals surface area contributed by atoms with Crippen LogP contribution in [0.1, 0.15) is 17.5 Å². The molecular formula is C19H30N2O3. The first-order chi connectivity index (χ1) is 11.8. The predicted octanol–water partition coefficient (Wildman–Crippen LogP) is 1.79. The number of morpholine rings is 2. The van der Waals surface area contributed by atoms with Gasteiger partial charge in [0.1, 0.15) is 5.75 Å². The van der Waals surface area contributed by atoms with E-state index in [4.69, 9.17) is 14.2 Å². The molecule has 0 atom stereocenters. The van der Waals surface area contributed by atoms with Crippen LogP contribution in [-0.2, 0) is 22.4 Å². The molecule has 1 aromatic rings. The summed E-state index contributed by atoms with van der Waals surface area (Å²) in [5.41, 5.74) is 2.70. The Balaban J connectivity index is 1.53. The second-order valence-corrected chi connectivity index (χ2v) is 6.59. The maximum Gasteiger partial charge on any atom is 0.123 e. The average molecular weight is 334 g/mol. The van der Waals surface area contributed by atoms with Crippen LogP contribution < -0.4 is 4.74 Å². The van der Waals surface area contributed by atoms with Gasteiger partial charge in [-0.2, -0.15) is 0 Å². The van der Waals surface area contributed by atoms with E-state index in [1.54, 1.807) is 7.11 Å². The van der Waals surface area contributed by atoms with Gasteiger partial charge in [-0.05, 0) is 31.0 Å². The molecule has 24 heavy (non-hydrogen) atoms. The van der Waals surface area contributed by atoms with Gasteiger partial charge in [-0.3, -0.25) is 9.80 Å². The Morgan fingerprint density at radius 1 is 0.958 bits per heavy atom. The second-order valence-electron chi connectivity index (χ2n) is 6.59. The molecule has 2 fully saturated rings. The molecule has 0 aliphatic carbocycles. The normalized spacial score (nSPS) is 20.2. The summed E-state index contributed by atoms with van der Waals surface area (Å²) in [6, 6.07) is 6.66. The van der Waals surface area contributed by atoms with E-state index in [0.717, 1.165) is 77.9 Å². The third kappa shape index (κ3) is 5.18. The Kier molecular flexibility index (Phi) is 6.90. The van der Waals surface area contributed by atoms with E-state index in [9.17, 15) is 0 Å². The third-order valence-electron chi connectivity index (χ3n) is 4.89.